The summed E-state index contributed by atoms with van der Waals surface area (Å²) >= 11 is 7.45. The lowest BCUT2D eigenvalue weighted by Crippen LogP contribution is -2.09. The van der Waals surface area contributed by atoms with Gasteiger partial charge in [0, 0.05) is 0 Å². The van der Waals surface area contributed by atoms with E-state index in [0.717, 1.165) is 4.68 Å². The van der Waals surface area contributed by atoms with E-state index in [1.54, 1.807) is 0 Å². The number of aromatic nitrogens is 4. The molecule has 0 aliphatic heterocycles. The van der Waals surface area contributed by atoms with Crippen molar-refractivity contribution in [2.45, 2.75) is 0 Å². The molecule has 72 valence electrons. The first kappa shape index (κ1) is 9.59. The first-order valence-corrected chi connectivity index (χ1v) is 4.85. The summed E-state index contributed by atoms with van der Waals surface area (Å²) in [6.45, 7) is 0. The van der Waals surface area contributed by atoms with Crippen LogP contribution in [0, 0.1) is 3.70 Å². The fourth-order valence-electron chi connectivity index (χ4n) is 0.996. The van der Waals surface area contributed by atoms with Gasteiger partial charge in [-0.25, -0.2) is 14.8 Å². The molecule has 14 heavy (non-hydrogen) atoms. The quantitative estimate of drug-likeness (QED) is 0.588. The molecule has 2 aromatic heterocycles. The molecule has 0 saturated carbocycles. The molecule has 2 aromatic rings. The van der Waals surface area contributed by atoms with E-state index < -0.39 is 6.09 Å². The fraction of sp³-hybridized carbons (Fsp3) is 0. The fourth-order valence-corrected chi connectivity index (χ4v) is 1.74. The number of rotatable bonds is 0. The maximum absolute atomic E-state index is 10.7. The van der Waals surface area contributed by atoms with Gasteiger partial charge in [0.15, 0.2) is 0 Å². The molecule has 1 N–H and O–H groups in total. The average Bonchev–Trinajstić information content (AvgIpc) is 2.44. The first-order valence-electron chi connectivity index (χ1n) is 3.39. The van der Waals surface area contributed by atoms with Crippen LogP contribution in [-0.4, -0.2) is 30.9 Å². The van der Waals surface area contributed by atoms with Crippen LogP contribution in [-0.2, 0) is 0 Å². The third-order valence-electron chi connectivity index (χ3n) is 1.53. The molecule has 2 rings (SSSR count). The molecule has 0 aromatic carbocycles. The summed E-state index contributed by atoms with van der Waals surface area (Å²) in [7, 11) is 0. The van der Waals surface area contributed by atoms with Crippen molar-refractivity contribution < 1.29 is 9.90 Å². The lowest BCUT2D eigenvalue weighted by atomic mass is 10.5. The molecule has 0 aliphatic carbocycles. The molecule has 0 amide bonds. The minimum atomic E-state index is -1.18. The third-order valence-corrected chi connectivity index (χ3v) is 2.44. The van der Waals surface area contributed by atoms with Crippen LogP contribution in [0.1, 0.15) is 0 Å². The highest BCUT2D eigenvalue weighted by Gasteiger charge is 2.14. The summed E-state index contributed by atoms with van der Waals surface area (Å²) in [6, 6.07) is 0. The van der Waals surface area contributed by atoms with Crippen molar-refractivity contribution in [2.75, 3.05) is 0 Å². The van der Waals surface area contributed by atoms with Gasteiger partial charge in [-0.15, -0.1) is 0 Å². The maximum Gasteiger partial charge on any atom is 0.432 e. The summed E-state index contributed by atoms with van der Waals surface area (Å²) in [5.41, 5.74) is 0.763. The Labute approximate surface area is 96.0 Å². The van der Waals surface area contributed by atoms with Gasteiger partial charge in [0.25, 0.3) is 0 Å². The van der Waals surface area contributed by atoms with E-state index in [4.69, 9.17) is 16.7 Å². The summed E-state index contributed by atoms with van der Waals surface area (Å²) in [4.78, 5) is 18.3. The van der Waals surface area contributed by atoms with Gasteiger partial charge in [-0.1, -0.05) is 0 Å². The number of halogens is 2. The van der Waals surface area contributed by atoms with Crippen molar-refractivity contribution in [2.24, 2.45) is 0 Å². The van der Waals surface area contributed by atoms with Crippen molar-refractivity contribution in [1.29, 1.82) is 0 Å². The SMILES string of the molecule is O=C(O)n1nc(I)c2nc(Cl)ncc21. The van der Waals surface area contributed by atoms with E-state index in [2.05, 4.69) is 15.1 Å². The van der Waals surface area contributed by atoms with Gasteiger partial charge in [0.1, 0.15) is 14.7 Å². The van der Waals surface area contributed by atoms with Crippen LogP contribution in [0.15, 0.2) is 6.20 Å². The lowest BCUT2D eigenvalue weighted by molar-refractivity contribution is 0.194. The Morgan fingerprint density at radius 2 is 2.36 bits per heavy atom. The highest BCUT2D eigenvalue weighted by molar-refractivity contribution is 14.1. The predicted molar refractivity (Wildman–Crippen MR) is 56.5 cm³/mol. The van der Waals surface area contributed by atoms with Gasteiger partial charge in [-0.05, 0) is 34.2 Å². The van der Waals surface area contributed by atoms with Crippen LogP contribution in [0.5, 0.6) is 0 Å². The Bertz CT molecular complexity index is 526. The van der Waals surface area contributed by atoms with Gasteiger partial charge in [-0.2, -0.15) is 9.78 Å². The Balaban J connectivity index is 2.84. The van der Waals surface area contributed by atoms with E-state index in [1.807, 2.05) is 22.6 Å². The minimum Gasteiger partial charge on any atom is -0.463 e. The summed E-state index contributed by atoms with van der Waals surface area (Å²) in [5, 5.41) is 12.6. The van der Waals surface area contributed by atoms with Gasteiger partial charge in [0.05, 0.1) is 6.20 Å². The molecule has 0 spiro atoms. The van der Waals surface area contributed by atoms with Crippen LogP contribution < -0.4 is 0 Å². The van der Waals surface area contributed by atoms with Gasteiger partial charge < -0.3 is 5.11 Å². The Morgan fingerprint density at radius 3 is 3.00 bits per heavy atom. The second-order valence-electron chi connectivity index (χ2n) is 2.36. The number of hydrogen-bond donors (Lipinski definition) is 1. The largest absolute Gasteiger partial charge is 0.463 e. The number of nitrogens with zero attached hydrogens (tertiary/aromatic N) is 4. The molecule has 0 bridgehead atoms. The molecule has 6 nitrogen and oxygen atoms in total. The predicted octanol–water partition coefficient (Wildman–Crippen LogP) is 1.61. The zero-order chi connectivity index (χ0) is 10.3. The van der Waals surface area contributed by atoms with E-state index in [9.17, 15) is 4.79 Å². The Morgan fingerprint density at radius 1 is 1.64 bits per heavy atom. The monoisotopic (exact) mass is 324 g/mol. The highest BCUT2D eigenvalue weighted by atomic mass is 127. The first-order chi connectivity index (χ1) is 6.59. The standard InChI is InChI=1S/C6H2ClIN4O2/c7-5-9-1-2-3(10-5)4(8)11-12(2)6(13)14/h1H,(H,13,14). The van der Waals surface area contributed by atoms with Crippen LogP contribution >= 0.6 is 34.2 Å². The zero-order valence-electron chi connectivity index (χ0n) is 6.48. The molecule has 0 aliphatic rings. The molecule has 0 atom stereocenters. The van der Waals surface area contributed by atoms with Gasteiger partial charge in [0.2, 0.25) is 5.28 Å². The van der Waals surface area contributed by atoms with Crippen molar-refractivity contribution >= 4 is 51.3 Å². The smallest absolute Gasteiger partial charge is 0.432 e. The molecule has 8 heteroatoms. The number of carbonyl (C=O) groups is 1. The molecule has 0 fully saturated rings. The topological polar surface area (TPSA) is 80.9 Å². The number of carboxylic acid groups (broad SMARTS) is 1. The van der Waals surface area contributed by atoms with Crippen LogP contribution in [0.2, 0.25) is 5.28 Å². The van der Waals surface area contributed by atoms with Gasteiger partial charge >= 0.3 is 6.09 Å². The second kappa shape index (κ2) is 3.31. The highest BCUT2D eigenvalue weighted by Crippen LogP contribution is 2.18. The van der Waals surface area contributed by atoms with Crippen LogP contribution in [0.4, 0.5) is 4.79 Å². The van der Waals surface area contributed by atoms with Crippen molar-refractivity contribution in [3.63, 3.8) is 0 Å². The zero-order valence-corrected chi connectivity index (χ0v) is 9.39. The average molecular weight is 324 g/mol. The summed E-state index contributed by atoms with van der Waals surface area (Å²) < 4.78 is 1.29. The summed E-state index contributed by atoms with van der Waals surface area (Å²) in [5.74, 6) is 0. The molecule has 0 radical (unpaired) electrons. The van der Waals surface area contributed by atoms with E-state index in [0.29, 0.717) is 14.7 Å². The maximum atomic E-state index is 10.7. The van der Waals surface area contributed by atoms with Crippen molar-refractivity contribution in [3.8, 4) is 0 Å². The minimum absolute atomic E-state index is 0.0698. The normalized spacial score (nSPS) is 10.7. The Kier molecular flexibility index (Phi) is 2.27. The molecular formula is C6H2ClIN4O2. The third kappa shape index (κ3) is 1.42. The van der Waals surface area contributed by atoms with Crippen LogP contribution in [0.25, 0.3) is 11.0 Å². The molecular weight excluding hydrogens is 322 g/mol. The van der Waals surface area contributed by atoms with E-state index >= 15 is 0 Å². The molecule has 0 unspecified atom stereocenters. The van der Waals surface area contributed by atoms with Crippen LogP contribution in [0.3, 0.4) is 0 Å². The summed E-state index contributed by atoms with van der Waals surface area (Å²) in [6.07, 6.45) is 0.150. The lowest BCUT2D eigenvalue weighted by Gasteiger charge is -1.93. The second-order valence-corrected chi connectivity index (χ2v) is 3.72. The van der Waals surface area contributed by atoms with Gasteiger partial charge in [-0.3, -0.25) is 0 Å². The number of fused-ring (bicyclic) bond motifs is 1. The number of hydrogen-bond acceptors (Lipinski definition) is 4. The van der Waals surface area contributed by atoms with E-state index in [-0.39, 0.29) is 5.28 Å². The van der Waals surface area contributed by atoms with Crippen molar-refractivity contribution in [1.82, 2.24) is 19.7 Å². The van der Waals surface area contributed by atoms with E-state index in [1.165, 1.54) is 6.20 Å². The van der Waals surface area contributed by atoms with Crippen molar-refractivity contribution in [3.05, 3.63) is 15.2 Å². The molecule has 0 saturated heterocycles. The molecule has 2 heterocycles. The Hall–Kier alpha value is -0.960.